The molecule has 0 atom stereocenters. The predicted octanol–water partition coefficient (Wildman–Crippen LogP) is 2.52. The molecule has 0 saturated heterocycles. The van der Waals surface area contributed by atoms with E-state index in [0.717, 1.165) is 25.2 Å². The lowest BCUT2D eigenvalue weighted by Gasteiger charge is -2.33. The Morgan fingerprint density at radius 2 is 2.12 bits per heavy atom. The second-order valence-electron chi connectivity index (χ2n) is 4.48. The minimum Gasteiger partial charge on any atom is -0.463 e. The van der Waals surface area contributed by atoms with Gasteiger partial charge in [-0.3, -0.25) is 0 Å². The second kappa shape index (κ2) is 5.49. The summed E-state index contributed by atoms with van der Waals surface area (Å²) in [4.78, 5) is 12.1. The van der Waals surface area contributed by atoms with E-state index in [0.29, 0.717) is 24.6 Å². The fourth-order valence-electron chi connectivity index (χ4n) is 1.86. The monoisotopic (exact) mass is 256 g/mol. The van der Waals surface area contributed by atoms with E-state index in [-0.39, 0.29) is 5.28 Å². The van der Waals surface area contributed by atoms with Gasteiger partial charge in [0, 0.05) is 6.04 Å². The topological polar surface area (TPSA) is 59.9 Å². The summed E-state index contributed by atoms with van der Waals surface area (Å²) in [6.45, 7) is 4.84. The molecule has 0 bridgehead atoms. The molecular weight excluding hydrogens is 240 g/mol. The highest BCUT2D eigenvalue weighted by Crippen LogP contribution is 2.28. The Hall–Kier alpha value is -1.10. The Kier molecular flexibility index (Phi) is 3.99. The summed E-state index contributed by atoms with van der Waals surface area (Å²) in [6, 6.07) is 0.740. The van der Waals surface area contributed by atoms with E-state index >= 15 is 0 Å². The molecule has 5 nitrogen and oxygen atoms in total. The molecule has 1 aliphatic carbocycles. The second-order valence-corrected chi connectivity index (χ2v) is 4.81. The van der Waals surface area contributed by atoms with E-state index in [2.05, 4.69) is 27.2 Å². The van der Waals surface area contributed by atoms with Crippen molar-refractivity contribution in [3.8, 4) is 6.01 Å². The van der Waals surface area contributed by atoms with Gasteiger partial charge in [-0.15, -0.1) is 0 Å². The molecule has 1 aliphatic rings. The summed E-state index contributed by atoms with van der Waals surface area (Å²) in [6.07, 6.45) is 3.20. The molecule has 0 unspecified atom stereocenters. The average molecular weight is 257 g/mol. The first kappa shape index (κ1) is 12.4. The van der Waals surface area contributed by atoms with E-state index in [9.17, 15) is 0 Å². The van der Waals surface area contributed by atoms with Crippen LogP contribution in [0.5, 0.6) is 6.01 Å². The first-order valence-electron chi connectivity index (χ1n) is 5.98. The van der Waals surface area contributed by atoms with Gasteiger partial charge in [-0.25, -0.2) is 0 Å². The molecular formula is C11H17ClN4O. The molecule has 1 heterocycles. The third-order valence-electron chi connectivity index (χ3n) is 2.73. The number of nitrogens with zero attached hydrogens (tertiary/aromatic N) is 3. The summed E-state index contributed by atoms with van der Waals surface area (Å²) in [5, 5.41) is 3.41. The van der Waals surface area contributed by atoms with Gasteiger partial charge in [0.15, 0.2) is 0 Å². The molecule has 1 N–H and O–H groups in total. The zero-order valence-electron chi connectivity index (χ0n) is 10.1. The molecule has 6 heteroatoms. The van der Waals surface area contributed by atoms with Crippen LogP contribution in [0.3, 0.4) is 0 Å². The molecule has 2 rings (SSSR count). The van der Waals surface area contributed by atoms with E-state index in [4.69, 9.17) is 16.3 Å². The highest BCUT2D eigenvalue weighted by molar-refractivity contribution is 6.28. The van der Waals surface area contributed by atoms with Crippen LogP contribution < -0.4 is 10.1 Å². The van der Waals surface area contributed by atoms with Crippen LogP contribution in [0.2, 0.25) is 5.28 Å². The summed E-state index contributed by atoms with van der Waals surface area (Å²) >= 11 is 5.82. The minimum atomic E-state index is 0.168. The third kappa shape index (κ3) is 3.43. The lowest BCUT2D eigenvalue weighted by Crippen LogP contribution is -2.34. The zero-order chi connectivity index (χ0) is 12.3. The molecule has 1 fully saturated rings. The molecule has 0 amide bonds. The quantitative estimate of drug-likeness (QED) is 0.877. The Morgan fingerprint density at radius 3 is 2.76 bits per heavy atom. The van der Waals surface area contributed by atoms with Crippen LogP contribution in [-0.4, -0.2) is 27.6 Å². The standard InChI is InChI=1S/C11H17ClN4O/c1-3-4-17-11-15-9(12)14-10(16-11)13-8-5-7(2)6-8/h7-8H,3-6H2,1-2H3,(H,13,14,15,16). The fraction of sp³-hybridized carbons (Fsp3) is 0.727. The maximum Gasteiger partial charge on any atom is 0.322 e. The van der Waals surface area contributed by atoms with Crippen LogP contribution in [0.4, 0.5) is 5.95 Å². The van der Waals surface area contributed by atoms with E-state index < -0.39 is 0 Å². The summed E-state index contributed by atoms with van der Waals surface area (Å²) < 4.78 is 5.34. The van der Waals surface area contributed by atoms with Crippen LogP contribution >= 0.6 is 11.6 Å². The largest absolute Gasteiger partial charge is 0.463 e. The Labute approximate surface area is 106 Å². The maximum atomic E-state index is 5.82. The van der Waals surface area contributed by atoms with Gasteiger partial charge < -0.3 is 10.1 Å². The first-order valence-corrected chi connectivity index (χ1v) is 6.36. The van der Waals surface area contributed by atoms with Crippen LogP contribution in [0, 0.1) is 5.92 Å². The number of hydrogen-bond acceptors (Lipinski definition) is 5. The van der Waals surface area contributed by atoms with Crippen LogP contribution in [0.1, 0.15) is 33.1 Å². The van der Waals surface area contributed by atoms with Crippen molar-refractivity contribution in [3.63, 3.8) is 0 Å². The number of aromatic nitrogens is 3. The molecule has 0 radical (unpaired) electrons. The first-order chi connectivity index (χ1) is 8.17. The van der Waals surface area contributed by atoms with Crippen LogP contribution in [0.15, 0.2) is 0 Å². The van der Waals surface area contributed by atoms with E-state index in [1.807, 2.05) is 6.92 Å². The fourth-order valence-corrected chi connectivity index (χ4v) is 2.01. The lowest BCUT2D eigenvalue weighted by atomic mass is 9.82. The van der Waals surface area contributed by atoms with Crippen molar-refractivity contribution in [2.45, 2.75) is 39.2 Å². The highest BCUT2D eigenvalue weighted by Gasteiger charge is 2.26. The van der Waals surface area contributed by atoms with Crippen molar-refractivity contribution >= 4 is 17.5 Å². The van der Waals surface area contributed by atoms with Crippen molar-refractivity contribution in [3.05, 3.63) is 5.28 Å². The SMILES string of the molecule is CCCOc1nc(Cl)nc(NC2CC(C)C2)n1. The van der Waals surface area contributed by atoms with Crippen molar-refractivity contribution in [2.75, 3.05) is 11.9 Å². The van der Waals surface area contributed by atoms with Crippen molar-refractivity contribution in [2.24, 2.45) is 5.92 Å². The summed E-state index contributed by atoms with van der Waals surface area (Å²) in [5.41, 5.74) is 0. The Balaban J connectivity index is 1.98. The van der Waals surface area contributed by atoms with Crippen molar-refractivity contribution in [1.82, 2.24) is 15.0 Å². The third-order valence-corrected chi connectivity index (χ3v) is 2.90. The van der Waals surface area contributed by atoms with Gasteiger partial charge in [0.2, 0.25) is 11.2 Å². The van der Waals surface area contributed by atoms with Crippen LogP contribution in [0.25, 0.3) is 0 Å². The van der Waals surface area contributed by atoms with Gasteiger partial charge in [-0.1, -0.05) is 13.8 Å². The number of ether oxygens (including phenoxy) is 1. The average Bonchev–Trinajstić information content (AvgIpc) is 2.23. The van der Waals surface area contributed by atoms with Crippen molar-refractivity contribution < 1.29 is 4.74 Å². The number of nitrogens with one attached hydrogen (secondary N) is 1. The van der Waals surface area contributed by atoms with Gasteiger partial charge in [0.05, 0.1) is 6.61 Å². The van der Waals surface area contributed by atoms with Crippen LogP contribution in [-0.2, 0) is 0 Å². The normalized spacial score (nSPS) is 23.0. The minimum absolute atomic E-state index is 0.168. The highest BCUT2D eigenvalue weighted by atomic mass is 35.5. The molecule has 1 aromatic rings. The maximum absolute atomic E-state index is 5.82. The van der Waals surface area contributed by atoms with Gasteiger partial charge in [-0.2, -0.15) is 15.0 Å². The van der Waals surface area contributed by atoms with E-state index in [1.165, 1.54) is 0 Å². The molecule has 0 spiro atoms. The smallest absolute Gasteiger partial charge is 0.322 e. The Bertz CT molecular complexity index is 382. The van der Waals surface area contributed by atoms with E-state index in [1.54, 1.807) is 0 Å². The molecule has 0 aromatic carbocycles. The molecule has 0 aliphatic heterocycles. The predicted molar refractivity (Wildman–Crippen MR) is 66.4 cm³/mol. The van der Waals surface area contributed by atoms with Gasteiger partial charge in [0.1, 0.15) is 0 Å². The van der Waals surface area contributed by atoms with Gasteiger partial charge in [0.25, 0.3) is 0 Å². The van der Waals surface area contributed by atoms with Gasteiger partial charge in [-0.05, 0) is 36.8 Å². The number of anilines is 1. The van der Waals surface area contributed by atoms with Gasteiger partial charge >= 0.3 is 6.01 Å². The van der Waals surface area contributed by atoms with Crippen molar-refractivity contribution in [1.29, 1.82) is 0 Å². The molecule has 17 heavy (non-hydrogen) atoms. The zero-order valence-corrected chi connectivity index (χ0v) is 10.9. The number of rotatable bonds is 5. The number of halogens is 1. The molecule has 1 saturated carbocycles. The lowest BCUT2D eigenvalue weighted by molar-refractivity contribution is 0.289. The summed E-state index contributed by atoms with van der Waals surface area (Å²) in [5.74, 6) is 1.29. The Morgan fingerprint density at radius 1 is 1.35 bits per heavy atom. The molecule has 94 valence electrons. The molecule has 1 aromatic heterocycles. The number of hydrogen-bond donors (Lipinski definition) is 1. The summed E-state index contributed by atoms with van der Waals surface area (Å²) in [7, 11) is 0.